The number of fused-ring (bicyclic) bond motifs is 1. The molecule has 0 unspecified atom stereocenters. The highest BCUT2D eigenvalue weighted by Gasteiger charge is 2.22. The normalized spacial score (nSPS) is 11.7. The SMILES string of the molecule is CCCNCCNC(=O)c1nc(S(C)(=O)=O)n2ccccc12. The minimum atomic E-state index is -3.52. The van der Waals surface area contributed by atoms with Crippen molar-refractivity contribution in [3.05, 3.63) is 30.1 Å². The molecule has 2 N–H and O–H groups in total. The molecule has 0 spiro atoms. The first-order valence-electron chi connectivity index (χ1n) is 7.11. The van der Waals surface area contributed by atoms with Gasteiger partial charge in [-0.3, -0.25) is 9.20 Å². The summed E-state index contributed by atoms with van der Waals surface area (Å²) in [5.41, 5.74) is 0.596. The van der Waals surface area contributed by atoms with E-state index in [0.717, 1.165) is 19.2 Å². The Labute approximate surface area is 129 Å². The average Bonchev–Trinajstić information content (AvgIpc) is 2.86. The number of nitrogens with one attached hydrogen (secondary N) is 2. The van der Waals surface area contributed by atoms with Crippen LogP contribution in [0.2, 0.25) is 0 Å². The van der Waals surface area contributed by atoms with Crippen LogP contribution >= 0.6 is 0 Å². The molecule has 0 bridgehead atoms. The number of rotatable bonds is 7. The van der Waals surface area contributed by atoms with Crippen LogP contribution < -0.4 is 10.6 Å². The van der Waals surface area contributed by atoms with Gasteiger partial charge >= 0.3 is 0 Å². The molecule has 0 aliphatic rings. The van der Waals surface area contributed by atoms with Crippen molar-refractivity contribution in [1.82, 2.24) is 20.0 Å². The molecule has 0 aliphatic heterocycles. The maximum atomic E-state index is 12.2. The van der Waals surface area contributed by atoms with Crippen LogP contribution in [0, 0.1) is 0 Å². The minimum Gasteiger partial charge on any atom is -0.349 e. The molecule has 120 valence electrons. The molecule has 0 fully saturated rings. The highest BCUT2D eigenvalue weighted by molar-refractivity contribution is 7.90. The molecule has 0 aliphatic carbocycles. The molecule has 0 saturated carbocycles. The molecule has 7 nitrogen and oxygen atoms in total. The lowest BCUT2D eigenvalue weighted by molar-refractivity contribution is 0.0951. The second kappa shape index (κ2) is 6.89. The van der Waals surface area contributed by atoms with Crippen LogP contribution in [0.25, 0.3) is 5.52 Å². The Balaban J connectivity index is 2.22. The summed E-state index contributed by atoms with van der Waals surface area (Å²) in [5.74, 6) is -0.378. The predicted octanol–water partition coefficient (Wildman–Crippen LogP) is 0.467. The molecule has 2 aromatic heterocycles. The maximum absolute atomic E-state index is 12.2. The van der Waals surface area contributed by atoms with E-state index in [1.165, 1.54) is 4.40 Å². The van der Waals surface area contributed by atoms with Crippen molar-refractivity contribution < 1.29 is 13.2 Å². The zero-order valence-electron chi connectivity index (χ0n) is 12.7. The first kappa shape index (κ1) is 16.4. The summed E-state index contributed by atoms with van der Waals surface area (Å²) < 4.78 is 25.0. The Bertz CT molecular complexity index is 767. The maximum Gasteiger partial charge on any atom is 0.272 e. The Hall–Kier alpha value is -1.93. The highest BCUT2D eigenvalue weighted by atomic mass is 32.2. The standard InChI is InChI=1S/C14H20N4O3S/c1-3-7-15-8-9-16-13(19)12-11-6-4-5-10-18(11)14(17-12)22(2,20)21/h4-6,10,15H,3,7-9H2,1-2H3,(H,16,19). The van der Waals surface area contributed by atoms with Gasteiger partial charge in [-0.15, -0.1) is 0 Å². The first-order valence-corrected chi connectivity index (χ1v) is 9.00. The zero-order chi connectivity index (χ0) is 16.2. The fourth-order valence-corrected chi connectivity index (χ4v) is 2.86. The van der Waals surface area contributed by atoms with Crippen molar-refractivity contribution in [3.8, 4) is 0 Å². The molecular formula is C14H20N4O3S. The van der Waals surface area contributed by atoms with Gasteiger partial charge in [0.15, 0.2) is 5.69 Å². The molecule has 0 atom stereocenters. The topological polar surface area (TPSA) is 92.6 Å². The smallest absolute Gasteiger partial charge is 0.272 e. The van der Waals surface area contributed by atoms with E-state index in [1.807, 2.05) is 0 Å². The van der Waals surface area contributed by atoms with Crippen molar-refractivity contribution in [1.29, 1.82) is 0 Å². The largest absolute Gasteiger partial charge is 0.349 e. The van der Waals surface area contributed by atoms with E-state index in [1.54, 1.807) is 24.4 Å². The molecule has 0 saturated heterocycles. The number of sulfone groups is 1. The minimum absolute atomic E-state index is 0.122. The van der Waals surface area contributed by atoms with E-state index < -0.39 is 9.84 Å². The van der Waals surface area contributed by atoms with E-state index in [4.69, 9.17) is 0 Å². The highest BCUT2D eigenvalue weighted by Crippen LogP contribution is 2.16. The van der Waals surface area contributed by atoms with Crippen molar-refractivity contribution in [2.45, 2.75) is 18.5 Å². The molecule has 0 aromatic carbocycles. The summed E-state index contributed by atoms with van der Waals surface area (Å²) in [6.45, 7) is 4.07. The monoisotopic (exact) mass is 324 g/mol. The van der Waals surface area contributed by atoms with Crippen molar-refractivity contribution in [2.75, 3.05) is 25.9 Å². The van der Waals surface area contributed by atoms with E-state index in [0.29, 0.717) is 18.6 Å². The predicted molar refractivity (Wildman–Crippen MR) is 83.8 cm³/mol. The lowest BCUT2D eigenvalue weighted by atomic mass is 10.3. The van der Waals surface area contributed by atoms with E-state index in [9.17, 15) is 13.2 Å². The van der Waals surface area contributed by atoms with E-state index in [2.05, 4.69) is 22.5 Å². The third kappa shape index (κ3) is 3.63. The summed E-state index contributed by atoms with van der Waals surface area (Å²) >= 11 is 0. The number of carbonyl (C=O) groups is 1. The summed E-state index contributed by atoms with van der Waals surface area (Å²) in [6.07, 6.45) is 3.68. The lowest BCUT2D eigenvalue weighted by Crippen LogP contribution is -2.32. The van der Waals surface area contributed by atoms with Crippen LogP contribution in [-0.2, 0) is 9.84 Å². The molecule has 0 radical (unpaired) electrons. The third-order valence-corrected chi connectivity index (χ3v) is 4.03. The van der Waals surface area contributed by atoms with Gasteiger partial charge < -0.3 is 10.6 Å². The number of nitrogens with zero attached hydrogens (tertiary/aromatic N) is 2. The Morgan fingerprint density at radius 1 is 1.27 bits per heavy atom. The molecule has 2 aromatic rings. The molecule has 22 heavy (non-hydrogen) atoms. The zero-order valence-corrected chi connectivity index (χ0v) is 13.5. The Kier molecular flexibility index (Phi) is 5.15. The van der Waals surface area contributed by atoms with Crippen LogP contribution in [0.5, 0.6) is 0 Å². The Morgan fingerprint density at radius 3 is 2.73 bits per heavy atom. The van der Waals surface area contributed by atoms with Gasteiger partial charge in [-0.1, -0.05) is 13.0 Å². The number of imidazole rings is 1. The van der Waals surface area contributed by atoms with Crippen LogP contribution in [0.15, 0.2) is 29.6 Å². The van der Waals surface area contributed by atoms with Gasteiger partial charge in [0.25, 0.3) is 5.91 Å². The van der Waals surface area contributed by atoms with Gasteiger partial charge in [-0.25, -0.2) is 13.4 Å². The van der Waals surface area contributed by atoms with Crippen LogP contribution in [0.3, 0.4) is 0 Å². The van der Waals surface area contributed by atoms with E-state index >= 15 is 0 Å². The van der Waals surface area contributed by atoms with Crippen LogP contribution in [0.1, 0.15) is 23.8 Å². The molecular weight excluding hydrogens is 304 g/mol. The van der Waals surface area contributed by atoms with Gasteiger partial charge in [0.1, 0.15) is 0 Å². The van der Waals surface area contributed by atoms with Crippen LogP contribution in [0.4, 0.5) is 0 Å². The lowest BCUT2D eigenvalue weighted by Gasteiger charge is -2.04. The summed E-state index contributed by atoms with van der Waals surface area (Å²) in [4.78, 5) is 16.2. The fourth-order valence-electron chi connectivity index (χ4n) is 2.09. The van der Waals surface area contributed by atoms with Crippen molar-refractivity contribution in [3.63, 3.8) is 0 Å². The van der Waals surface area contributed by atoms with Crippen molar-refractivity contribution in [2.24, 2.45) is 0 Å². The third-order valence-electron chi connectivity index (χ3n) is 3.08. The molecule has 2 rings (SSSR count). The second-order valence-corrected chi connectivity index (χ2v) is 6.89. The molecule has 2 heterocycles. The summed E-state index contributed by atoms with van der Waals surface area (Å²) in [5, 5.41) is 5.79. The van der Waals surface area contributed by atoms with Crippen molar-refractivity contribution >= 4 is 21.3 Å². The average molecular weight is 324 g/mol. The second-order valence-electron chi connectivity index (χ2n) is 4.98. The van der Waals surface area contributed by atoms with Gasteiger partial charge in [0.2, 0.25) is 15.0 Å². The van der Waals surface area contributed by atoms with Gasteiger partial charge in [-0.2, -0.15) is 0 Å². The van der Waals surface area contributed by atoms with Gasteiger partial charge in [-0.05, 0) is 25.1 Å². The molecule has 8 heteroatoms. The number of aromatic nitrogens is 2. The first-order chi connectivity index (χ1) is 10.4. The quantitative estimate of drug-likeness (QED) is 0.722. The molecule has 1 amide bonds. The van der Waals surface area contributed by atoms with Crippen LogP contribution in [-0.4, -0.2) is 49.6 Å². The number of amides is 1. The number of pyridine rings is 1. The van der Waals surface area contributed by atoms with Gasteiger partial charge in [0, 0.05) is 25.5 Å². The number of hydrogen-bond donors (Lipinski definition) is 2. The Morgan fingerprint density at radius 2 is 2.05 bits per heavy atom. The van der Waals surface area contributed by atoms with E-state index in [-0.39, 0.29) is 16.8 Å². The number of hydrogen-bond acceptors (Lipinski definition) is 5. The number of carbonyl (C=O) groups excluding carboxylic acids is 1. The summed E-state index contributed by atoms with van der Waals surface area (Å²) in [7, 11) is -3.52. The van der Waals surface area contributed by atoms with Gasteiger partial charge in [0.05, 0.1) is 5.52 Å². The fraction of sp³-hybridized carbons (Fsp3) is 0.429. The summed E-state index contributed by atoms with van der Waals surface area (Å²) in [6, 6.07) is 5.11.